The van der Waals surface area contributed by atoms with Gasteiger partial charge in [0.15, 0.2) is 11.4 Å². The second kappa shape index (κ2) is 11.2. The van der Waals surface area contributed by atoms with Crippen molar-refractivity contribution < 1.29 is 23.5 Å². The number of halogens is 1. The molecule has 3 atom stereocenters. The van der Waals surface area contributed by atoms with Gasteiger partial charge < -0.3 is 24.3 Å². The van der Waals surface area contributed by atoms with Gasteiger partial charge >= 0.3 is 0 Å². The van der Waals surface area contributed by atoms with Gasteiger partial charge in [0, 0.05) is 31.2 Å². The van der Waals surface area contributed by atoms with Crippen molar-refractivity contribution in [3.05, 3.63) is 99.2 Å². The lowest BCUT2D eigenvalue weighted by molar-refractivity contribution is -0.110. The van der Waals surface area contributed by atoms with Crippen LogP contribution in [0, 0.1) is 11.7 Å². The number of rotatable bonds is 9. The molecule has 2 amide bonds. The molecule has 3 unspecified atom stereocenters. The van der Waals surface area contributed by atoms with E-state index >= 15 is 0 Å². The number of aldehydes is 1. The number of amides is 2. The predicted molar refractivity (Wildman–Crippen MR) is 141 cm³/mol. The number of hydrogen-bond acceptors (Lipinski definition) is 6. The van der Waals surface area contributed by atoms with Gasteiger partial charge in [-0.05, 0) is 29.7 Å². The van der Waals surface area contributed by atoms with E-state index in [9.17, 15) is 23.6 Å². The number of pyridine rings is 1. The van der Waals surface area contributed by atoms with Gasteiger partial charge in [-0.1, -0.05) is 49.4 Å². The standard InChI is InChI=1S/C29H29FN4O5/c1-18(16-35)11-22-13-34-24(32-22)15-33-14-23(28(37)31-12-19-7-9-21(30)10-8-19)26(36)27(25(33)29(34)38)39-17-20-5-3-2-4-6-20/h2-10,14,16,18,22,24,32H,11-13,15,17H2,1H3,(H,31,37). The summed E-state index contributed by atoms with van der Waals surface area (Å²) in [6.07, 6.45) is 2.51. The van der Waals surface area contributed by atoms with Crippen LogP contribution in [-0.2, 0) is 24.5 Å². The van der Waals surface area contributed by atoms with Gasteiger partial charge in [-0.25, -0.2) is 4.39 Å². The molecule has 2 aliphatic rings. The molecule has 39 heavy (non-hydrogen) atoms. The molecule has 9 nitrogen and oxygen atoms in total. The number of benzene rings is 2. The molecule has 0 bridgehead atoms. The highest BCUT2D eigenvalue weighted by atomic mass is 19.1. The minimum Gasteiger partial charge on any atom is -0.483 e. The van der Waals surface area contributed by atoms with Gasteiger partial charge in [0.2, 0.25) is 5.43 Å². The molecular weight excluding hydrogens is 503 g/mol. The van der Waals surface area contributed by atoms with Crippen LogP contribution in [0.3, 0.4) is 0 Å². The van der Waals surface area contributed by atoms with Crippen molar-refractivity contribution in [3.63, 3.8) is 0 Å². The Morgan fingerprint density at radius 3 is 2.59 bits per heavy atom. The number of nitrogens with one attached hydrogen (secondary N) is 2. The quantitative estimate of drug-likeness (QED) is 0.410. The number of carbonyl (C=O) groups excluding carboxylic acids is 3. The summed E-state index contributed by atoms with van der Waals surface area (Å²) in [5.41, 5.74) is 0.718. The zero-order valence-corrected chi connectivity index (χ0v) is 21.4. The van der Waals surface area contributed by atoms with E-state index in [1.165, 1.54) is 18.3 Å². The Balaban J connectivity index is 1.46. The van der Waals surface area contributed by atoms with Crippen LogP contribution in [0.25, 0.3) is 0 Å². The van der Waals surface area contributed by atoms with Crippen molar-refractivity contribution in [3.8, 4) is 5.75 Å². The SMILES string of the molecule is CC(C=O)CC1CN2C(=O)c3c(OCc4ccccc4)c(=O)c(C(=O)NCc4ccc(F)cc4)cn3CC2N1. The summed E-state index contributed by atoms with van der Waals surface area (Å²) >= 11 is 0. The number of aromatic nitrogens is 1. The van der Waals surface area contributed by atoms with Gasteiger partial charge in [-0.15, -0.1) is 0 Å². The Kier molecular flexibility index (Phi) is 7.56. The number of nitrogens with zero attached hydrogens (tertiary/aromatic N) is 2. The highest BCUT2D eigenvalue weighted by molar-refractivity contribution is 5.99. The fourth-order valence-electron chi connectivity index (χ4n) is 5.03. The lowest BCUT2D eigenvalue weighted by Crippen LogP contribution is -2.49. The zero-order valence-electron chi connectivity index (χ0n) is 21.4. The zero-order chi connectivity index (χ0) is 27.5. The monoisotopic (exact) mass is 532 g/mol. The highest BCUT2D eigenvalue weighted by Gasteiger charge is 2.42. The van der Waals surface area contributed by atoms with Gasteiger partial charge in [0.1, 0.15) is 30.4 Å². The lowest BCUT2D eigenvalue weighted by Gasteiger charge is -2.33. The Morgan fingerprint density at radius 2 is 1.87 bits per heavy atom. The summed E-state index contributed by atoms with van der Waals surface area (Å²) in [4.78, 5) is 53.2. The first-order valence-corrected chi connectivity index (χ1v) is 12.8. The van der Waals surface area contributed by atoms with E-state index in [-0.39, 0.29) is 60.0 Å². The highest BCUT2D eigenvalue weighted by Crippen LogP contribution is 2.28. The van der Waals surface area contributed by atoms with Crippen molar-refractivity contribution in [2.75, 3.05) is 6.54 Å². The number of hydrogen-bond donors (Lipinski definition) is 2. The van der Waals surface area contributed by atoms with E-state index in [0.29, 0.717) is 25.1 Å². The normalized spacial score (nSPS) is 18.7. The molecule has 10 heteroatoms. The van der Waals surface area contributed by atoms with Crippen LogP contribution in [0.2, 0.25) is 0 Å². The fraction of sp³-hybridized carbons (Fsp3) is 0.310. The second-order valence-electron chi connectivity index (χ2n) is 9.97. The van der Waals surface area contributed by atoms with Crippen molar-refractivity contribution in [1.82, 2.24) is 20.1 Å². The summed E-state index contributed by atoms with van der Waals surface area (Å²) in [5.74, 6) is -1.74. The van der Waals surface area contributed by atoms with E-state index in [1.54, 1.807) is 21.6 Å². The first kappa shape index (κ1) is 26.3. The summed E-state index contributed by atoms with van der Waals surface area (Å²) in [6.45, 7) is 2.65. The van der Waals surface area contributed by atoms with Gasteiger partial charge in [-0.3, -0.25) is 19.7 Å². The van der Waals surface area contributed by atoms with Crippen LogP contribution in [0.15, 0.2) is 65.6 Å². The number of carbonyl (C=O) groups is 3. The predicted octanol–water partition coefficient (Wildman–Crippen LogP) is 2.48. The van der Waals surface area contributed by atoms with Crippen LogP contribution >= 0.6 is 0 Å². The molecule has 202 valence electrons. The molecule has 3 aromatic rings. The summed E-state index contributed by atoms with van der Waals surface area (Å²) in [7, 11) is 0. The average Bonchev–Trinajstić information content (AvgIpc) is 3.35. The Morgan fingerprint density at radius 1 is 1.13 bits per heavy atom. The fourth-order valence-corrected chi connectivity index (χ4v) is 5.03. The molecule has 0 saturated carbocycles. The smallest absolute Gasteiger partial charge is 0.275 e. The molecule has 2 aromatic carbocycles. The van der Waals surface area contributed by atoms with Crippen LogP contribution in [-0.4, -0.2) is 46.3 Å². The Labute approximate surface area is 224 Å². The molecule has 0 radical (unpaired) electrons. The first-order chi connectivity index (χ1) is 18.8. The molecule has 1 fully saturated rings. The minimum absolute atomic E-state index is 0.0398. The van der Waals surface area contributed by atoms with Crippen molar-refractivity contribution in [2.45, 2.75) is 45.2 Å². The van der Waals surface area contributed by atoms with Crippen LogP contribution in [0.4, 0.5) is 4.39 Å². The third-order valence-electron chi connectivity index (χ3n) is 7.02. The van der Waals surface area contributed by atoms with Crippen LogP contribution in [0.5, 0.6) is 5.75 Å². The molecule has 0 spiro atoms. The maximum absolute atomic E-state index is 13.6. The molecule has 1 aromatic heterocycles. The second-order valence-corrected chi connectivity index (χ2v) is 9.97. The Hall–Kier alpha value is -4.31. The Bertz CT molecular complexity index is 1440. The van der Waals surface area contributed by atoms with Gasteiger partial charge in [0.05, 0.1) is 6.54 Å². The van der Waals surface area contributed by atoms with Crippen molar-refractivity contribution >= 4 is 18.1 Å². The van der Waals surface area contributed by atoms with E-state index in [0.717, 1.165) is 11.8 Å². The molecule has 2 N–H and O–H groups in total. The maximum Gasteiger partial charge on any atom is 0.275 e. The molecule has 3 heterocycles. The number of ether oxygens (including phenoxy) is 1. The number of fused-ring (bicyclic) bond motifs is 2. The third-order valence-corrected chi connectivity index (χ3v) is 7.02. The van der Waals surface area contributed by atoms with Crippen LogP contribution < -0.4 is 20.8 Å². The lowest BCUT2D eigenvalue weighted by atomic mass is 10.0. The molecule has 1 saturated heterocycles. The summed E-state index contributed by atoms with van der Waals surface area (Å²) in [6, 6.07) is 14.8. The summed E-state index contributed by atoms with van der Waals surface area (Å²) in [5, 5.41) is 6.10. The third kappa shape index (κ3) is 5.61. The van der Waals surface area contributed by atoms with E-state index in [4.69, 9.17) is 4.74 Å². The van der Waals surface area contributed by atoms with Gasteiger partial charge in [0.25, 0.3) is 11.8 Å². The molecule has 5 rings (SSSR count). The molecule has 2 aliphatic heterocycles. The van der Waals surface area contributed by atoms with Gasteiger partial charge in [-0.2, -0.15) is 0 Å². The average molecular weight is 533 g/mol. The first-order valence-electron chi connectivity index (χ1n) is 12.8. The largest absolute Gasteiger partial charge is 0.483 e. The molecule has 0 aliphatic carbocycles. The molecular formula is C29H29FN4O5. The topological polar surface area (TPSA) is 110 Å². The maximum atomic E-state index is 13.6. The van der Waals surface area contributed by atoms with E-state index in [1.807, 2.05) is 37.3 Å². The summed E-state index contributed by atoms with van der Waals surface area (Å²) < 4.78 is 20.8. The van der Waals surface area contributed by atoms with Crippen molar-refractivity contribution in [1.29, 1.82) is 0 Å². The minimum atomic E-state index is -0.682. The van der Waals surface area contributed by atoms with Crippen LogP contribution in [0.1, 0.15) is 45.3 Å². The van der Waals surface area contributed by atoms with E-state index < -0.39 is 11.3 Å². The van der Waals surface area contributed by atoms with Crippen molar-refractivity contribution in [2.24, 2.45) is 5.92 Å². The van der Waals surface area contributed by atoms with E-state index in [2.05, 4.69) is 10.6 Å².